The van der Waals surface area contributed by atoms with E-state index in [1.807, 2.05) is 0 Å². The molecule has 1 heterocycles. The lowest BCUT2D eigenvalue weighted by molar-refractivity contribution is 0.672. The largest absolute Gasteiger partial charge is 0.455 e. The average molecular weight is 630 g/mol. The molecule has 9 rings (SSSR count). The summed E-state index contributed by atoms with van der Waals surface area (Å²) in [6.45, 7) is 4.52. The van der Waals surface area contributed by atoms with Crippen molar-refractivity contribution < 1.29 is 4.42 Å². The summed E-state index contributed by atoms with van der Waals surface area (Å²) >= 11 is 0. The summed E-state index contributed by atoms with van der Waals surface area (Å²) in [5.41, 5.74) is 11.4. The fourth-order valence-electron chi connectivity index (χ4n) is 7.42. The highest BCUT2D eigenvalue weighted by atomic mass is 16.3. The highest BCUT2D eigenvalue weighted by Crippen LogP contribution is 2.47. The van der Waals surface area contributed by atoms with Crippen molar-refractivity contribution in [3.63, 3.8) is 0 Å². The zero-order chi connectivity index (χ0) is 32.9. The van der Waals surface area contributed by atoms with Crippen molar-refractivity contribution >= 4 is 60.5 Å². The summed E-state index contributed by atoms with van der Waals surface area (Å²) in [7, 11) is 0. The Labute approximate surface area is 286 Å². The molecule has 234 valence electrons. The first-order valence-electron chi connectivity index (χ1n) is 17.0. The molecule has 0 N–H and O–H groups in total. The minimum atomic E-state index is 0.364. The van der Waals surface area contributed by atoms with Gasteiger partial charge in [-0.1, -0.05) is 153 Å². The maximum absolute atomic E-state index is 6.66. The first-order valence-corrected chi connectivity index (χ1v) is 17.0. The second kappa shape index (κ2) is 11.8. The van der Waals surface area contributed by atoms with Crippen molar-refractivity contribution in [1.82, 2.24) is 0 Å². The molecule has 2 heteroatoms. The third kappa shape index (κ3) is 4.96. The molecule has 0 saturated heterocycles. The minimum Gasteiger partial charge on any atom is -0.455 e. The molecule has 0 bridgehead atoms. The lowest BCUT2D eigenvalue weighted by Gasteiger charge is -2.28. The van der Waals surface area contributed by atoms with Gasteiger partial charge in [-0.25, -0.2) is 0 Å². The van der Waals surface area contributed by atoms with Crippen LogP contribution >= 0.6 is 0 Å². The summed E-state index contributed by atoms with van der Waals surface area (Å²) in [5.74, 6) is 0.364. The Balaban J connectivity index is 1.26. The smallest absolute Gasteiger partial charge is 0.143 e. The molecule has 0 fully saturated rings. The van der Waals surface area contributed by atoms with Gasteiger partial charge in [0.2, 0.25) is 0 Å². The monoisotopic (exact) mass is 629 g/mol. The number of anilines is 3. The van der Waals surface area contributed by atoms with E-state index in [0.717, 1.165) is 44.4 Å². The van der Waals surface area contributed by atoms with Gasteiger partial charge in [0.25, 0.3) is 0 Å². The van der Waals surface area contributed by atoms with Crippen LogP contribution in [0.5, 0.6) is 0 Å². The quantitative estimate of drug-likeness (QED) is 0.182. The van der Waals surface area contributed by atoms with E-state index < -0.39 is 0 Å². The highest BCUT2D eigenvalue weighted by molar-refractivity contribution is 6.21. The van der Waals surface area contributed by atoms with Gasteiger partial charge in [-0.3, -0.25) is 0 Å². The van der Waals surface area contributed by atoms with Crippen LogP contribution in [0.1, 0.15) is 25.3 Å². The molecule has 0 saturated carbocycles. The fraction of sp³-hybridized carbons (Fsp3) is 0.0638. The Hall–Kier alpha value is -6.12. The van der Waals surface area contributed by atoms with Crippen LogP contribution in [0, 0.1) is 0 Å². The molecule has 0 radical (unpaired) electrons. The molecule has 0 aliphatic carbocycles. The Kier molecular flexibility index (Phi) is 7.02. The Morgan fingerprint density at radius 1 is 0.449 bits per heavy atom. The maximum atomic E-state index is 6.66. The molecule has 49 heavy (non-hydrogen) atoms. The van der Waals surface area contributed by atoms with Crippen LogP contribution in [-0.4, -0.2) is 0 Å². The summed E-state index contributed by atoms with van der Waals surface area (Å²) in [6.07, 6.45) is 0. The molecule has 9 aromatic rings. The summed E-state index contributed by atoms with van der Waals surface area (Å²) in [5, 5.41) is 7.02. The van der Waals surface area contributed by atoms with Crippen LogP contribution in [0.4, 0.5) is 17.1 Å². The standard InChI is InChI=1S/C47H35NO/c1-31(2)38-19-11-21-45-46(38)42-30-44(40-17-8-9-18-41(40)47(42)49-45)48(43-20-10-15-36-14-6-7-16-39(36)43)37-28-26-35(27-29-37)34-24-22-33(23-25-34)32-12-4-3-5-13-32/h3-31H,1-2H3. The second-order valence-corrected chi connectivity index (χ2v) is 13.1. The number of rotatable bonds is 6. The van der Waals surface area contributed by atoms with E-state index in [-0.39, 0.29) is 0 Å². The number of hydrogen-bond acceptors (Lipinski definition) is 2. The van der Waals surface area contributed by atoms with E-state index in [2.05, 4.69) is 189 Å². The van der Waals surface area contributed by atoms with Gasteiger partial charge in [0.05, 0.1) is 11.4 Å². The lowest BCUT2D eigenvalue weighted by Crippen LogP contribution is -2.11. The highest BCUT2D eigenvalue weighted by Gasteiger charge is 2.23. The van der Waals surface area contributed by atoms with Crippen LogP contribution in [-0.2, 0) is 0 Å². The van der Waals surface area contributed by atoms with Crippen molar-refractivity contribution in [2.75, 3.05) is 4.90 Å². The van der Waals surface area contributed by atoms with Crippen molar-refractivity contribution in [1.29, 1.82) is 0 Å². The molecule has 8 aromatic carbocycles. The van der Waals surface area contributed by atoms with Crippen LogP contribution in [0.2, 0.25) is 0 Å². The minimum absolute atomic E-state index is 0.364. The summed E-state index contributed by atoms with van der Waals surface area (Å²) < 4.78 is 6.66. The van der Waals surface area contributed by atoms with E-state index in [1.165, 1.54) is 44.0 Å². The zero-order valence-corrected chi connectivity index (χ0v) is 27.6. The van der Waals surface area contributed by atoms with E-state index in [4.69, 9.17) is 4.42 Å². The third-order valence-corrected chi connectivity index (χ3v) is 9.83. The fourth-order valence-corrected chi connectivity index (χ4v) is 7.42. The SMILES string of the molecule is CC(C)c1cccc2oc3c4ccccc4c(N(c4ccc(-c5ccc(-c6ccccc6)cc5)cc4)c4cccc5ccccc45)cc3c12. The van der Waals surface area contributed by atoms with Gasteiger partial charge in [-0.2, -0.15) is 0 Å². The first kappa shape index (κ1) is 29.1. The molecule has 1 aromatic heterocycles. The molecule has 2 nitrogen and oxygen atoms in total. The van der Waals surface area contributed by atoms with Crippen LogP contribution in [0.25, 0.3) is 65.7 Å². The molecule has 0 amide bonds. The predicted molar refractivity (Wildman–Crippen MR) is 208 cm³/mol. The molecule has 0 aliphatic heterocycles. The van der Waals surface area contributed by atoms with Crippen LogP contribution < -0.4 is 4.90 Å². The number of furan rings is 1. The molecular weight excluding hydrogens is 595 g/mol. The van der Waals surface area contributed by atoms with Crippen molar-refractivity contribution in [3.8, 4) is 22.3 Å². The third-order valence-electron chi connectivity index (χ3n) is 9.83. The van der Waals surface area contributed by atoms with E-state index >= 15 is 0 Å². The Morgan fingerprint density at radius 3 is 1.73 bits per heavy atom. The van der Waals surface area contributed by atoms with E-state index in [9.17, 15) is 0 Å². The first-order chi connectivity index (χ1) is 24.1. The van der Waals surface area contributed by atoms with E-state index in [0.29, 0.717) is 5.92 Å². The van der Waals surface area contributed by atoms with E-state index in [1.54, 1.807) is 0 Å². The topological polar surface area (TPSA) is 16.4 Å². The predicted octanol–water partition coefficient (Wildman–Crippen LogP) is 13.8. The molecule has 0 unspecified atom stereocenters. The van der Waals surface area contributed by atoms with Gasteiger partial charge < -0.3 is 9.32 Å². The maximum Gasteiger partial charge on any atom is 0.143 e. The van der Waals surface area contributed by atoms with Gasteiger partial charge in [0.1, 0.15) is 11.2 Å². The summed E-state index contributed by atoms with van der Waals surface area (Å²) in [4.78, 5) is 2.43. The average Bonchev–Trinajstić information content (AvgIpc) is 3.55. The summed E-state index contributed by atoms with van der Waals surface area (Å²) in [6, 6.07) is 61.1. The van der Waals surface area contributed by atoms with Crippen LogP contribution in [0.15, 0.2) is 174 Å². The van der Waals surface area contributed by atoms with Gasteiger partial charge in [-0.05, 0) is 69.5 Å². The number of nitrogens with zero attached hydrogens (tertiary/aromatic N) is 1. The Morgan fingerprint density at radius 2 is 1.02 bits per heavy atom. The molecule has 0 atom stereocenters. The van der Waals surface area contributed by atoms with Gasteiger partial charge in [0, 0.05) is 32.6 Å². The van der Waals surface area contributed by atoms with Crippen LogP contribution in [0.3, 0.4) is 0 Å². The van der Waals surface area contributed by atoms with Crippen molar-refractivity contribution in [3.05, 3.63) is 175 Å². The lowest BCUT2D eigenvalue weighted by atomic mass is 9.95. The van der Waals surface area contributed by atoms with Gasteiger partial charge in [-0.15, -0.1) is 0 Å². The number of fused-ring (bicyclic) bond motifs is 6. The number of benzene rings is 8. The molecular formula is C47H35NO. The van der Waals surface area contributed by atoms with Crippen molar-refractivity contribution in [2.24, 2.45) is 0 Å². The normalized spacial score (nSPS) is 11.7. The zero-order valence-electron chi connectivity index (χ0n) is 27.6. The molecule has 0 aliphatic rings. The second-order valence-electron chi connectivity index (χ2n) is 13.1. The molecule has 0 spiro atoms. The van der Waals surface area contributed by atoms with Gasteiger partial charge >= 0.3 is 0 Å². The Bertz CT molecular complexity index is 2610. The van der Waals surface area contributed by atoms with Gasteiger partial charge in [0.15, 0.2) is 0 Å². The number of hydrogen-bond donors (Lipinski definition) is 0. The van der Waals surface area contributed by atoms with Crippen molar-refractivity contribution in [2.45, 2.75) is 19.8 Å².